The lowest BCUT2D eigenvalue weighted by Gasteiger charge is -2.07. The molecule has 22 heavy (non-hydrogen) atoms. The first-order valence-corrected chi connectivity index (χ1v) is 7.58. The molecule has 5 heteroatoms. The zero-order chi connectivity index (χ0) is 14.9. The van der Waals surface area contributed by atoms with Gasteiger partial charge in [-0.3, -0.25) is 0 Å². The van der Waals surface area contributed by atoms with Crippen molar-refractivity contribution >= 4 is 0 Å². The molecule has 1 unspecified atom stereocenters. The minimum absolute atomic E-state index is 0.483. The number of oxazole rings is 1. The van der Waals surface area contributed by atoms with Crippen LogP contribution in [0.1, 0.15) is 46.8 Å². The molecular formula is C17H17N3O2. The Hall–Kier alpha value is -2.43. The van der Waals surface area contributed by atoms with Gasteiger partial charge >= 0.3 is 0 Å². The minimum atomic E-state index is 0.483. The van der Waals surface area contributed by atoms with Crippen molar-refractivity contribution < 1.29 is 8.94 Å². The van der Waals surface area contributed by atoms with Crippen molar-refractivity contribution in [3.63, 3.8) is 0 Å². The largest absolute Gasteiger partial charge is 0.446 e. The minimum Gasteiger partial charge on any atom is -0.446 e. The highest BCUT2D eigenvalue weighted by molar-refractivity contribution is 5.35. The zero-order valence-electron chi connectivity index (χ0n) is 12.5. The van der Waals surface area contributed by atoms with Gasteiger partial charge in [-0.25, -0.2) is 4.98 Å². The van der Waals surface area contributed by atoms with Crippen LogP contribution in [0.15, 0.2) is 39.4 Å². The summed E-state index contributed by atoms with van der Waals surface area (Å²) in [5.74, 6) is 3.25. The van der Waals surface area contributed by atoms with Gasteiger partial charge < -0.3 is 8.94 Å². The summed E-state index contributed by atoms with van der Waals surface area (Å²) in [5, 5.41) is 4.04. The van der Waals surface area contributed by atoms with Crippen LogP contribution in [0.5, 0.6) is 0 Å². The maximum Gasteiger partial charge on any atom is 0.227 e. The lowest BCUT2D eigenvalue weighted by Crippen LogP contribution is -1.99. The van der Waals surface area contributed by atoms with E-state index in [9.17, 15) is 0 Å². The van der Waals surface area contributed by atoms with Gasteiger partial charge in [-0.2, -0.15) is 4.98 Å². The summed E-state index contributed by atoms with van der Waals surface area (Å²) in [6.45, 7) is 1.82. The van der Waals surface area contributed by atoms with Crippen LogP contribution in [0.25, 0.3) is 0 Å². The Morgan fingerprint density at radius 2 is 2.18 bits per heavy atom. The van der Waals surface area contributed by atoms with Crippen molar-refractivity contribution in [2.24, 2.45) is 0 Å². The van der Waals surface area contributed by atoms with Gasteiger partial charge in [-0.15, -0.1) is 0 Å². The summed E-state index contributed by atoms with van der Waals surface area (Å²) in [7, 11) is 0. The maximum absolute atomic E-state index is 5.44. The number of benzene rings is 1. The van der Waals surface area contributed by atoms with Crippen LogP contribution >= 0.6 is 0 Å². The molecule has 2 aromatic heterocycles. The quantitative estimate of drug-likeness (QED) is 0.739. The van der Waals surface area contributed by atoms with Crippen LogP contribution in [0.2, 0.25) is 0 Å². The second kappa shape index (κ2) is 5.40. The molecule has 1 aliphatic rings. The predicted molar refractivity (Wildman–Crippen MR) is 79.6 cm³/mol. The molecule has 0 spiro atoms. The van der Waals surface area contributed by atoms with E-state index in [1.165, 1.54) is 11.1 Å². The number of nitrogens with zero attached hydrogens (tertiary/aromatic N) is 3. The molecule has 0 aliphatic heterocycles. The fourth-order valence-electron chi connectivity index (χ4n) is 3.16. The van der Waals surface area contributed by atoms with Gasteiger partial charge in [0, 0.05) is 13.3 Å². The Morgan fingerprint density at radius 1 is 1.27 bits per heavy atom. The highest BCUT2D eigenvalue weighted by atomic mass is 16.5. The van der Waals surface area contributed by atoms with Crippen molar-refractivity contribution in [1.29, 1.82) is 0 Å². The van der Waals surface area contributed by atoms with Crippen molar-refractivity contribution in [3.05, 3.63) is 65.0 Å². The molecule has 1 aliphatic carbocycles. The van der Waals surface area contributed by atoms with E-state index in [4.69, 9.17) is 8.94 Å². The monoisotopic (exact) mass is 295 g/mol. The fourth-order valence-corrected chi connectivity index (χ4v) is 3.16. The van der Waals surface area contributed by atoms with Gasteiger partial charge in [0.15, 0.2) is 11.7 Å². The topological polar surface area (TPSA) is 65.0 Å². The first-order valence-electron chi connectivity index (χ1n) is 7.58. The molecule has 0 bridgehead atoms. The van der Waals surface area contributed by atoms with E-state index in [0.717, 1.165) is 25.0 Å². The standard InChI is InChI=1S/C17H17N3O2/c1-11-18-10-14(21-11)9-16-19-17(22-20-16)8-13-7-6-12-4-2-3-5-15(12)13/h2-5,10,13H,6-9H2,1H3. The SMILES string of the molecule is Cc1ncc(Cc2noc(CC3CCc4ccccc43)n2)o1. The fraction of sp³-hybridized carbons (Fsp3) is 0.353. The smallest absolute Gasteiger partial charge is 0.227 e. The Kier molecular flexibility index (Phi) is 3.25. The number of aryl methyl sites for hydroxylation is 2. The van der Waals surface area contributed by atoms with Crippen molar-refractivity contribution in [2.45, 2.75) is 38.5 Å². The van der Waals surface area contributed by atoms with Gasteiger partial charge in [0.25, 0.3) is 0 Å². The molecule has 5 nitrogen and oxygen atoms in total. The predicted octanol–water partition coefficient (Wildman–Crippen LogP) is 3.23. The number of hydrogen-bond acceptors (Lipinski definition) is 5. The molecule has 1 atom stereocenters. The molecule has 0 fully saturated rings. The van der Waals surface area contributed by atoms with Crippen molar-refractivity contribution in [1.82, 2.24) is 15.1 Å². The van der Waals surface area contributed by atoms with Crippen LogP contribution < -0.4 is 0 Å². The third kappa shape index (κ3) is 2.54. The lowest BCUT2D eigenvalue weighted by molar-refractivity contribution is 0.363. The Bertz CT molecular complexity index is 791. The van der Waals surface area contributed by atoms with Gasteiger partial charge in [0.2, 0.25) is 5.89 Å². The van der Waals surface area contributed by atoms with Gasteiger partial charge in [0.1, 0.15) is 5.76 Å². The van der Waals surface area contributed by atoms with Gasteiger partial charge in [-0.05, 0) is 29.9 Å². The number of rotatable bonds is 4. The van der Waals surface area contributed by atoms with Crippen LogP contribution in [-0.2, 0) is 19.3 Å². The van der Waals surface area contributed by atoms with Crippen molar-refractivity contribution in [3.8, 4) is 0 Å². The van der Waals surface area contributed by atoms with Crippen LogP contribution in [0.3, 0.4) is 0 Å². The summed E-state index contributed by atoms with van der Waals surface area (Å²) in [6, 6.07) is 8.62. The molecule has 112 valence electrons. The van der Waals surface area contributed by atoms with E-state index in [2.05, 4.69) is 39.4 Å². The molecule has 0 saturated heterocycles. The summed E-state index contributed by atoms with van der Waals surface area (Å²) in [6.07, 6.45) is 5.32. The summed E-state index contributed by atoms with van der Waals surface area (Å²) < 4.78 is 10.8. The molecule has 0 N–H and O–H groups in total. The summed E-state index contributed by atoms with van der Waals surface area (Å²) in [5.41, 5.74) is 2.87. The first-order chi connectivity index (χ1) is 10.8. The molecule has 4 rings (SSSR count). The average Bonchev–Trinajstić information content (AvgIpc) is 3.22. The average molecular weight is 295 g/mol. The summed E-state index contributed by atoms with van der Waals surface area (Å²) in [4.78, 5) is 8.56. The first kappa shape index (κ1) is 13.2. The Labute approximate surface area is 128 Å². The summed E-state index contributed by atoms with van der Waals surface area (Å²) >= 11 is 0. The molecular weight excluding hydrogens is 278 g/mol. The second-order valence-corrected chi connectivity index (χ2v) is 5.77. The molecule has 3 aromatic rings. The molecule has 0 saturated carbocycles. The molecule has 1 aromatic carbocycles. The van der Waals surface area contributed by atoms with Gasteiger partial charge in [-0.1, -0.05) is 29.4 Å². The number of fused-ring (bicyclic) bond motifs is 1. The number of hydrogen-bond donors (Lipinski definition) is 0. The lowest BCUT2D eigenvalue weighted by atomic mass is 9.98. The zero-order valence-corrected chi connectivity index (χ0v) is 12.5. The highest BCUT2D eigenvalue weighted by Crippen LogP contribution is 2.34. The van der Waals surface area contributed by atoms with E-state index < -0.39 is 0 Å². The van der Waals surface area contributed by atoms with E-state index in [1.807, 2.05) is 6.92 Å². The Balaban J connectivity index is 1.46. The molecule has 2 heterocycles. The third-order valence-electron chi connectivity index (χ3n) is 4.19. The van der Waals surface area contributed by atoms with E-state index in [-0.39, 0.29) is 0 Å². The Morgan fingerprint density at radius 3 is 3.05 bits per heavy atom. The normalized spacial score (nSPS) is 16.9. The molecule has 0 amide bonds. The van der Waals surface area contributed by atoms with Crippen LogP contribution in [-0.4, -0.2) is 15.1 Å². The van der Waals surface area contributed by atoms with Gasteiger partial charge in [0.05, 0.1) is 12.6 Å². The highest BCUT2D eigenvalue weighted by Gasteiger charge is 2.24. The number of aromatic nitrogens is 3. The third-order valence-corrected chi connectivity index (χ3v) is 4.19. The van der Waals surface area contributed by atoms with E-state index in [0.29, 0.717) is 29.9 Å². The van der Waals surface area contributed by atoms with Crippen LogP contribution in [0.4, 0.5) is 0 Å². The van der Waals surface area contributed by atoms with Crippen molar-refractivity contribution in [2.75, 3.05) is 0 Å². The molecule has 0 radical (unpaired) electrons. The van der Waals surface area contributed by atoms with Crippen LogP contribution in [0, 0.1) is 6.92 Å². The second-order valence-electron chi connectivity index (χ2n) is 5.77. The van der Waals surface area contributed by atoms with E-state index >= 15 is 0 Å². The maximum atomic E-state index is 5.44. The van der Waals surface area contributed by atoms with E-state index in [1.54, 1.807) is 6.20 Å².